The molecule has 0 amide bonds. The molecule has 0 bridgehead atoms. The third-order valence-corrected chi connectivity index (χ3v) is 8.63. The van der Waals surface area contributed by atoms with Crippen molar-refractivity contribution in [3.63, 3.8) is 0 Å². The maximum Gasteiger partial charge on any atom is 0.400 e. The molecule has 0 aromatic heterocycles. The lowest BCUT2D eigenvalue weighted by atomic mass is 9.78. The molecule has 33 heavy (non-hydrogen) atoms. The summed E-state index contributed by atoms with van der Waals surface area (Å²) in [5.41, 5.74) is -2.13. The van der Waals surface area contributed by atoms with Crippen molar-refractivity contribution in [1.82, 2.24) is 4.90 Å². The highest BCUT2D eigenvalue weighted by Crippen LogP contribution is 2.51. The van der Waals surface area contributed by atoms with Crippen molar-refractivity contribution in [3.8, 4) is 5.75 Å². The van der Waals surface area contributed by atoms with Gasteiger partial charge < -0.3 is 9.64 Å². The molecule has 0 N–H and O–H groups in total. The van der Waals surface area contributed by atoms with Gasteiger partial charge in [-0.2, -0.15) is 13.2 Å². The lowest BCUT2D eigenvalue weighted by molar-refractivity contribution is -0.185. The predicted molar refractivity (Wildman–Crippen MR) is 125 cm³/mol. The van der Waals surface area contributed by atoms with E-state index in [-0.39, 0.29) is 30.5 Å². The molecule has 5 unspecified atom stereocenters. The molecule has 1 aliphatic heterocycles. The molecule has 7 heteroatoms. The molecule has 1 fully saturated rings. The first kappa shape index (κ1) is 23.8. The Morgan fingerprint density at radius 1 is 1.06 bits per heavy atom. The molecule has 1 saturated heterocycles. The number of nitrogens with zero attached hydrogens (tertiary/aromatic N) is 1. The summed E-state index contributed by atoms with van der Waals surface area (Å²) in [4.78, 5) is 2.26. The van der Waals surface area contributed by atoms with Crippen molar-refractivity contribution >= 4 is 10.8 Å². The maximum atomic E-state index is 15.0. The molecule has 0 radical (unpaired) electrons. The summed E-state index contributed by atoms with van der Waals surface area (Å²) in [6.45, 7) is 2.43. The van der Waals surface area contributed by atoms with Crippen molar-refractivity contribution in [3.05, 3.63) is 84.5 Å². The maximum absolute atomic E-state index is 15.0. The summed E-state index contributed by atoms with van der Waals surface area (Å²) in [6.07, 6.45) is 3.45. The molecule has 1 aliphatic carbocycles. The molecule has 3 nitrogen and oxygen atoms in total. The van der Waals surface area contributed by atoms with Crippen LogP contribution in [0.2, 0.25) is 0 Å². The van der Waals surface area contributed by atoms with Crippen molar-refractivity contribution in [2.24, 2.45) is 11.8 Å². The Labute approximate surface area is 195 Å². The Hall–Kier alpha value is -2.38. The van der Waals surface area contributed by atoms with Crippen LogP contribution in [0.15, 0.2) is 83.8 Å². The number of methoxy groups -OCH3 is 1. The van der Waals surface area contributed by atoms with Crippen molar-refractivity contribution < 1.29 is 22.1 Å². The summed E-state index contributed by atoms with van der Waals surface area (Å²) in [6, 6.07) is 14.5. The zero-order valence-electron chi connectivity index (χ0n) is 18.7. The van der Waals surface area contributed by atoms with Crippen LogP contribution < -0.4 is 4.74 Å². The van der Waals surface area contributed by atoms with E-state index in [1.807, 2.05) is 17.1 Å². The third kappa shape index (κ3) is 4.53. The van der Waals surface area contributed by atoms with Crippen molar-refractivity contribution in [2.45, 2.75) is 28.7 Å². The van der Waals surface area contributed by atoms with E-state index in [0.717, 1.165) is 0 Å². The topological polar surface area (TPSA) is 29.5 Å². The number of allylic oxidation sites excluding steroid dienone is 3. The van der Waals surface area contributed by atoms with Crippen LogP contribution >= 0.6 is 0 Å². The van der Waals surface area contributed by atoms with Gasteiger partial charge in [0.15, 0.2) is 0 Å². The van der Waals surface area contributed by atoms with E-state index in [0.29, 0.717) is 17.2 Å². The first-order valence-electron chi connectivity index (χ1n) is 11.0. The van der Waals surface area contributed by atoms with Gasteiger partial charge in [-0.25, -0.2) is 0 Å². The van der Waals surface area contributed by atoms with Gasteiger partial charge in [0.2, 0.25) is 0 Å². The van der Waals surface area contributed by atoms with E-state index in [9.17, 15) is 4.21 Å². The molecule has 2 aromatic rings. The average molecular weight is 476 g/mol. The third-order valence-electron chi connectivity index (χ3n) is 6.82. The zero-order valence-corrected chi connectivity index (χ0v) is 19.5. The Morgan fingerprint density at radius 2 is 1.73 bits per heavy atom. The van der Waals surface area contributed by atoms with Gasteiger partial charge in [-0.1, -0.05) is 61.6 Å². The second-order valence-electron chi connectivity index (χ2n) is 8.78. The number of benzene rings is 2. The predicted octanol–water partition coefficient (Wildman–Crippen LogP) is 5.37. The SMILES string of the molecule is COc1ccc(C2(C(F)(F)F)CN(CC3C=CC=CC3C)CC2S(=O)c2ccccc2)cc1. The lowest BCUT2D eigenvalue weighted by Gasteiger charge is -2.37. The molecule has 0 saturated carbocycles. The molecule has 0 spiro atoms. The summed E-state index contributed by atoms with van der Waals surface area (Å²) in [5.74, 6) is 0.829. The number of hydrogen-bond acceptors (Lipinski definition) is 3. The lowest BCUT2D eigenvalue weighted by Crippen LogP contribution is -2.53. The van der Waals surface area contributed by atoms with Gasteiger partial charge in [0.05, 0.1) is 23.2 Å². The standard InChI is InChI=1S/C26H28F3NO2S/c1-19-8-6-7-9-20(19)16-30-17-24(33(31)23-10-4-3-5-11-23)25(18-30,26(27,28)29)21-12-14-22(32-2)15-13-21/h3-15,19-20,24H,16-18H2,1-2H3. The van der Waals surface area contributed by atoms with Gasteiger partial charge in [0.1, 0.15) is 11.2 Å². The molecule has 2 aliphatic rings. The highest BCUT2D eigenvalue weighted by molar-refractivity contribution is 7.85. The van der Waals surface area contributed by atoms with Gasteiger partial charge in [-0.3, -0.25) is 4.21 Å². The number of rotatable bonds is 6. The molecule has 1 heterocycles. The quantitative estimate of drug-likeness (QED) is 0.563. The summed E-state index contributed by atoms with van der Waals surface area (Å²) < 4.78 is 63.9. The number of likely N-dealkylation sites (tertiary alicyclic amines) is 1. The van der Waals surface area contributed by atoms with Crippen molar-refractivity contribution in [2.75, 3.05) is 26.7 Å². The average Bonchev–Trinajstić information content (AvgIpc) is 3.21. The van der Waals surface area contributed by atoms with Crippen LogP contribution in [-0.4, -0.2) is 47.3 Å². The minimum atomic E-state index is -4.58. The van der Waals surface area contributed by atoms with Crippen LogP contribution in [0.5, 0.6) is 5.75 Å². The van der Waals surface area contributed by atoms with E-state index in [1.165, 1.54) is 19.2 Å². The van der Waals surface area contributed by atoms with Crippen LogP contribution in [0, 0.1) is 11.8 Å². The van der Waals surface area contributed by atoms with E-state index < -0.39 is 27.6 Å². The molecule has 5 atom stereocenters. The molecule has 4 rings (SSSR count). The van der Waals surface area contributed by atoms with E-state index in [4.69, 9.17) is 4.74 Å². The van der Waals surface area contributed by atoms with Gasteiger partial charge in [-0.05, 0) is 41.7 Å². The van der Waals surface area contributed by atoms with Gasteiger partial charge in [0.25, 0.3) is 0 Å². The first-order chi connectivity index (χ1) is 15.8. The molecular weight excluding hydrogens is 447 g/mol. The van der Waals surface area contributed by atoms with Crippen LogP contribution in [0.1, 0.15) is 12.5 Å². The molecular formula is C26H28F3NO2S. The Morgan fingerprint density at radius 3 is 2.33 bits per heavy atom. The Bertz CT molecular complexity index is 1040. The fraction of sp³-hybridized carbons (Fsp3) is 0.385. The summed E-state index contributed by atoms with van der Waals surface area (Å²) in [5, 5.41) is -1.13. The van der Waals surface area contributed by atoms with E-state index in [1.54, 1.807) is 42.5 Å². The molecule has 2 aromatic carbocycles. The summed E-state index contributed by atoms with van der Waals surface area (Å²) in [7, 11) is -0.365. The number of alkyl halides is 3. The first-order valence-corrected chi connectivity index (χ1v) is 12.2. The van der Waals surface area contributed by atoms with Crippen LogP contribution in [0.4, 0.5) is 13.2 Å². The van der Waals surface area contributed by atoms with Crippen LogP contribution in [0.25, 0.3) is 0 Å². The smallest absolute Gasteiger partial charge is 0.400 e. The van der Waals surface area contributed by atoms with Crippen molar-refractivity contribution in [1.29, 1.82) is 0 Å². The zero-order chi connectivity index (χ0) is 23.6. The molecule has 176 valence electrons. The second-order valence-corrected chi connectivity index (χ2v) is 10.4. The van der Waals surface area contributed by atoms with Gasteiger partial charge in [-0.15, -0.1) is 0 Å². The van der Waals surface area contributed by atoms with Crippen LogP contribution in [-0.2, 0) is 16.2 Å². The normalized spacial score (nSPS) is 28.7. The van der Waals surface area contributed by atoms with E-state index >= 15 is 13.2 Å². The number of hydrogen-bond donors (Lipinski definition) is 0. The minimum Gasteiger partial charge on any atom is -0.497 e. The fourth-order valence-electron chi connectivity index (χ4n) is 4.91. The minimum absolute atomic E-state index is 0.105. The van der Waals surface area contributed by atoms with Gasteiger partial charge >= 0.3 is 6.18 Å². The highest BCUT2D eigenvalue weighted by atomic mass is 32.2. The Kier molecular flexibility index (Phi) is 6.82. The summed E-state index contributed by atoms with van der Waals surface area (Å²) >= 11 is 0. The monoisotopic (exact) mass is 475 g/mol. The van der Waals surface area contributed by atoms with Gasteiger partial charge in [0, 0.05) is 24.5 Å². The second kappa shape index (κ2) is 9.47. The van der Waals surface area contributed by atoms with Crippen LogP contribution in [0.3, 0.4) is 0 Å². The fourth-order valence-corrected chi connectivity index (χ4v) is 6.72. The van der Waals surface area contributed by atoms with E-state index in [2.05, 4.69) is 19.1 Å². The number of halogens is 3. The highest BCUT2D eigenvalue weighted by Gasteiger charge is 2.66. The largest absolute Gasteiger partial charge is 0.497 e. The number of ether oxygens (including phenoxy) is 1. The Balaban J connectivity index is 1.77.